The molecule has 0 saturated heterocycles. The summed E-state index contributed by atoms with van der Waals surface area (Å²) in [7, 11) is 1.84. The number of hydrogen-bond acceptors (Lipinski definition) is 4. The van der Waals surface area contributed by atoms with Crippen molar-refractivity contribution in [2.75, 3.05) is 0 Å². The molecule has 1 atom stereocenters. The first-order valence-electron chi connectivity index (χ1n) is 12.1. The van der Waals surface area contributed by atoms with Gasteiger partial charge in [-0.25, -0.2) is 4.98 Å². The molecule has 1 fully saturated rings. The summed E-state index contributed by atoms with van der Waals surface area (Å²) in [6.07, 6.45) is 15.1. The molecule has 7 nitrogen and oxygen atoms in total. The minimum Gasteiger partial charge on any atom is -0.481 e. The molecular weight excluding hydrogens is 414 g/mol. The van der Waals surface area contributed by atoms with Gasteiger partial charge in [0.05, 0.1) is 12.1 Å². The normalized spacial score (nSPS) is 15.6. The van der Waals surface area contributed by atoms with Crippen LogP contribution in [0.5, 0.6) is 0 Å². The molecule has 2 aromatic heterocycles. The average Bonchev–Trinajstić information content (AvgIpc) is 3.41. The third-order valence-corrected chi connectivity index (χ3v) is 7.00. The lowest BCUT2D eigenvalue weighted by atomic mass is 9.87. The summed E-state index contributed by atoms with van der Waals surface area (Å²) in [5, 5.41) is 17.7. The van der Waals surface area contributed by atoms with Gasteiger partial charge in [-0.1, -0.05) is 55.5 Å². The summed E-state index contributed by atoms with van der Waals surface area (Å²) in [5.74, 6) is 1.07. The molecule has 7 heteroatoms. The fraction of sp³-hybridized carbons (Fsp3) is 0.538. The second-order valence-corrected chi connectivity index (χ2v) is 9.58. The quantitative estimate of drug-likeness (QED) is 0.486. The fourth-order valence-electron chi connectivity index (χ4n) is 5.05. The number of rotatable bonds is 10. The summed E-state index contributed by atoms with van der Waals surface area (Å²) in [4.78, 5) is 16.3. The fourth-order valence-corrected chi connectivity index (χ4v) is 5.05. The standard InChI is InChI=1S/C26H35N5O2/c1-19-8-9-21(22(16-26(32)33)10-11-24-18-30(2)29-28-24)15-23(19)17-31-13-12-27-25(31)14-20-6-4-3-5-7-20/h8-9,12-13,15,18,20,22H,3-7,10-11,14,16-17H2,1-2H3,(H,32,33). The lowest BCUT2D eigenvalue weighted by Gasteiger charge is -2.22. The van der Waals surface area contributed by atoms with E-state index in [-0.39, 0.29) is 12.3 Å². The molecule has 0 radical (unpaired) electrons. The number of imidazole rings is 1. The van der Waals surface area contributed by atoms with Crippen molar-refractivity contribution in [2.24, 2.45) is 13.0 Å². The first kappa shape index (κ1) is 23.2. The van der Waals surface area contributed by atoms with E-state index in [9.17, 15) is 9.90 Å². The van der Waals surface area contributed by atoms with Gasteiger partial charge in [-0.05, 0) is 48.3 Å². The SMILES string of the molecule is Cc1ccc(C(CCc2cn(C)nn2)CC(=O)O)cc1Cn1ccnc1CC1CCCCC1. The molecule has 1 saturated carbocycles. The Hall–Kier alpha value is -2.96. The van der Waals surface area contributed by atoms with Crippen molar-refractivity contribution in [1.82, 2.24) is 24.5 Å². The van der Waals surface area contributed by atoms with Gasteiger partial charge in [-0.15, -0.1) is 5.10 Å². The van der Waals surface area contributed by atoms with E-state index in [1.54, 1.807) is 4.68 Å². The van der Waals surface area contributed by atoms with Gasteiger partial charge in [0.1, 0.15) is 5.82 Å². The van der Waals surface area contributed by atoms with Crippen LogP contribution in [0, 0.1) is 12.8 Å². The van der Waals surface area contributed by atoms with Crippen molar-refractivity contribution in [1.29, 1.82) is 0 Å². The van der Waals surface area contributed by atoms with E-state index in [1.807, 2.05) is 19.4 Å². The minimum absolute atomic E-state index is 0.0617. The Morgan fingerprint density at radius 1 is 1.24 bits per heavy atom. The molecular formula is C26H35N5O2. The van der Waals surface area contributed by atoms with Crippen LogP contribution in [0.4, 0.5) is 0 Å². The zero-order chi connectivity index (χ0) is 23.2. The summed E-state index contributed by atoms with van der Waals surface area (Å²) in [5.41, 5.74) is 4.42. The molecule has 3 aromatic rings. The summed E-state index contributed by atoms with van der Waals surface area (Å²) in [6, 6.07) is 6.41. The Kier molecular flexibility index (Phi) is 7.57. The molecule has 33 heavy (non-hydrogen) atoms. The highest BCUT2D eigenvalue weighted by Gasteiger charge is 2.19. The van der Waals surface area contributed by atoms with Crippen LogP contribution in [0.3, 0.4) is 0 Å². The number of hydrogen-bond donors (Lipinski definition) is 1. The smallest absolute Gasteiger partial charge is 0.303 e. The zero-order valence-electron chi connectivity index (χ0n) is 19.8. The maximum absolute atomic E-state index is 11.6. The average molecular weight is 450 g/mol. The zero-order valence-corrected chi connectivity index (χ0v) is 19.8. The van der Waals surface area contributed by atoms with Crippen molar-refractivity contribution in [3.63, 3.8) is 0 Å². The Balaban J connectivity index is 1.50. The monoisotopic (exact) mass is 449 g/mol. The molecule has 4 rings (SSSR count). The third kappa shape index (κ3) is 6.30. The Labute approximate surface area is 195 Å². The number of aliphatic carboxylic acids is 1. The first-order chi connectivity index (χ1) is 16.0. The second-order valence-electron chi connectivity index (χ2n) is 9.58. The molecule has 1 N–H and O–H groups in total. The molecule has 0 amide bonds. The third-order valence-electron chi connectivity index (χ3n) is 7.00. The summed E-state index contributed by atoms with van der Waals surface area (Å²) < 4.78 is 3.95. The maximum Gasteiger partial charge on any atom is 0.303 e. The number of nitrogens with zero attached hydrogens (tertiary/aromatic N) is 5. The maximum atomic E-state index is 11.6. The van der Waals surface area contributed by atoms with Crippen LogP contribution in [-0.2, 0) is 31.2 Å². The lowest BCUT2D eigenvalue weighted by Crippen LogP contribution is -2.14. The van der Waals surface area contributed by atoms with Crippen LogP contribution >= 0.6 is 0 Å². The highest BCUT2D eigenvalue weighted by molar-refractivity contribution is 5.68. The minimum atomic E-state index is -0.773. The molecule has 176 valence electrons. The largest absolute Gasteiger partial charge is 0.481 e. The van der Waals surface area contributed by atoms with Gasteiger partial charge in [-0.3, -0.25) is 9.48 Å². The first-order valence-corrected chi connectivity index (χ1v) is 12.1. The summed E-state index contributed by atoms with van der Waals surface area (Å²) in [6.45, 7) is 2.90. The number of carboxylic acid groups (broad SMARTS) is 1. The molecule has 1 unspecified atom stereocenters. The number of aryl methyl sites for hydroxylation is 3. The highest BCUT2D eigenvalue weighted by atomic mass is 16.4. The molecule has 1 aliphatic rings. The van der Waals surface area contributed by atoms with E-state index in [4.69, 9.17) is 0 Å². The molecule has 0 aliphatic heterocycles. The van der Waals surface area contributed by atoms with Crippen LogP contribution < -0.4 is 0 Å². The molecule has 0 bridgehead atoms. The lowest BCUT2D eigenvalue weighted by molar-refractivity contribution is -0.137. The van der Waals surface area contributed by atoms with E-state index < -0.39 is 5.97 Å². The van der Waals surface area contributed by atoms with Crippen LogP contribution in [0.1, 0.15) is 79.1 Å². The topological polar surface area (TPSA) is 85.8 Å². The van der Waals surface area contributed by atoms with Gasteiger partial charge >= 0.3 is 5.97 Å². The van der Waals surface area contributed by atoms with Gasteiger partial charge in [0.25, 0.3) is 0 Å². The van der Waals surface area contributed by atoms with Crippen LogP contribution in [0.2, 0.25) is 0 Å². The van der Waals surface area contributed by atoms with Crippen LogP contribution in [-0.4, -0.2) is 35.6 Å². The highest BCUT2D eigenvalue weighted by Crippen LogP contribution is 2.29. The number of benzene rings is 1. The number of carboxylic acids is 1. The van der Waals surface area contributed by atoms with Crippen molar-refractivity contribution < 1.29 is 9.90 Å². The summed E-state index contributed by atoms with van der Waals surface area (Å²) >= 11 is 0. The predicted octanol–water partition coefficient (Wildman–Crippen LogP) is 4.68. The van der Waals surface area contributed by atoms with Crippen molar-refractivity contribution in [3.8, 4) is 0 Å². The molecule has 1 aromatic carbocycles. The van der Waals surface area contributed by atoms with E-state index in [2.05, 4.69) is 51.2 Å². The van der Waals surface area contributed by atoms with E-state index >= 15 is 0 Å². The molecule has 2 heterocycles. The van der Waals surface area contributed by atoms with Gasteiger partial charge in [-0.2, -0.15) is 0 Å². The van der Waals surface area contributed by atoms with Gasteiger partial charge in [0.2, 0.25) is 0 Å². The van der Waals surface area contributed by atoms with Crippen molar-refractivity contribution in [3.05, 3.63) is 65.0 Å². The molecule has 1 aliphatic carbocycles. The Bertz CT molecular complexity index is 1060. The van der Waals surface area contributed by atoms with Gasteiger partial charge in [0.15, 0.2) is 0 Å². The van der Waals surface area contributed by atoms with Crippen molar-refractivity contribution >= 4 is 5.97 Å². The second kappa shape index (κ2) is 10.8. The van der Waals surface area contributed by atoms with E-state index in [1.165, 1.54) is 43.2 Å². The van der Waals surface area contributed by atoms with Crippen LogP contribution in [0.15, 0.2) is 36.8 Å². The Morgan fingerprint density at radius 3 is 2.79 bits per heavy atom. The predicted molar refractivity (Wildman–Crippen MR) is 127 cm³/mol. The van der Waals surface area contributed by atoms with Gasteiger partial charge < -0.3 is 9.67 Å². The number of carbonyl (C=O) groups is 1. The molecule has 0 spiro atoms. The van der Waals surface area contributed by atoms with Gasteiger partial charge in [0, 0.05) is 38.6 Å². The van der Waals surface area contributed by atoms with E-state index in [0.29, 0.717) is 6.42 Å². The number of aromatic nitrogens is 5. The van der Waals surface area contributed by atoms with E-state index in [0.717, 1.165) is 42.4 Å². The van der Waals surface area contributed by atoms with Crippen LogP contribution in [0.25, 0.3) is 0 Å². The Morgan fingerprint density at radius 2 is 2.06 bits per heavy atom. The van der Waals surface area contributed by atoms with Crippen molar-refractivity contribution in [2.45, 2.75) is 77.2 Å².